The molecule has 0 N–H and O–H groups in total. The van der Waals surface area contributed by atoms with Crippen molar-refractivity contribution in [3.05, 3.63) is 82.5 Å². The minimum atomic E-state index is -0.314. The van der Waals surface area contributed by atoms with Crippen molar-refractivity contribution < 1.29 is 14.3 Å². The van der Waals surface area contributed by atoms with Gasteiger partial charge in [-0.15, -0.1) is 0 Å². The van der Waals surface area contributed by atoms with Gasteiger partial charge in [-0.3, -0.25) is 0 Å². The first-order valence-electron chi connectivity index (χ1n) is 9.82. The fourth-order valence-electron chi connectivity index (χ4n) is 3.12. The van der Waals surface area contributed by atoms with E-state index in [4.69, 9.17) is 9.47 Å². The molecule has 0 radical (unpaired) electrons. The number of hydrogen-bond donors (Lipinski definition) is 0. The molecule has 0 aliphatic rings. The second-order valence-electron chi connectivity index (χ2n) is 7.04. The van der Waals surface area contributed by atoms with E-state index in [0.717, 1.165) is 27.8 Å². The van der Waals surface area contributed by atoms with Crippen LogP contribution in [0.25, 0.3) is 16.8 Å². The van der Waals surface area contributed by atoms with Crippen LogP contribution >= 0.6 is 0 Å². The normalized spacial score (nSPS) is 12.9. The topological polar surface area (TPSA) is 35.5 Å². The summed E-state index contributed by atoms with van der Waals surface area (Å²) in [6, 6.07) is 8.49. The van der Waals surface area contributed by atoms with Crippen LogP contribution in [0.5, 0.6) is 5.75 Å². The van der Waals surface area contributed by atoms with E-state index in [2.05, 4.69) is 50.3 Å². The van der Waals surface area contributed by atoms with E-state index in [1.54, 1.807) is 14.0 Å². The van der Waals surface area contributed by atoms with Gasteiger partial charge < -0.3 is 9.47 Å². The molecule has 0 spiro atoms. The number of carbonyl (C=O) groups excluding carboxylic acids is 1. The van der Waals surface area contributed by atoms with Gasteiger partial charge in [-0.25, -0.2) is 4.79 Å². The predicted octanol–water partition coefficient (Wildman–Crippen LogP) is 6.49. The molecule has 0 aliphatic heterocycles. The van der Waals surface area contributed by atoms with Crippen molar-refractivity contribution in [2.24, 2.45) is 0 Å². The Balaban J connectivity index is 2.26. The van der Waals surface area contributed by atoms with Crippen molar-refractivity contribution in [2.45, 2.75) is 34.6 Å². The number of rotatable bonds is 7. The van der Waals surface area contributed by atoms with Crippen molar-refractivity contribution in [2.75, 3.05) is 13.7 Å². The van der Waals surface area contributed by atoms with Gasteiger partial charge in [-0.2, -0.15) is 0 Å². The molecule has 0 fully saturated rings. The second-order valence-corrected chi connectivity index (χ2v) is 7.04. The van der Waals surface area contributed by atoms with Gasteiger partial charge in [-0.1, -0.05) is 60.2 Å². The van der Waals surface area contributed by atoms with E-state index < -0.39 is 0 Å². The summed E-state index contributed by atoms with van der Waals surface area (Å²) in [5.41, 5.74) is 5.46. The Morgan fingerprint density at radius 3 is 2.55 bits per heavy atom. The highest BCUT2D eigenvalue weighted by atomic mass is 16.5. The minimum Gasteiger partial charge on any atom is -0.496 e. The lowest BCUT2D eigenvalue weighted by Crippen LogP contribution is -1.99. The Morgan fingerprint density at radius 2 is 1.86 bits per heavy atom. The van der Waals surface area contributed by atoms with Gasteiger partial charge in [0.1, 0.15) is 5.75 Å². The van der Waals surface area contributed by atoms with Gasteiger partial charge in [0.2, 0.25) is 0 Å². The number of esters is 1. The van der Waals surface area contributed by atoms with E-state index in [-0.39, 0.29) is 5.97 Å². The molecule has 0 aromatic heterocycles. The molecule has 2 aromatic rings. The summed E-state index contributed by atoms with van der Waals surface area (Å²) in [6.07, 6.45) is 11.5. The molecule has 0 unspecified atom stereocenters. The van der Waals surface area contributed by atoms with Crippen LogP contribution in [0.2, 0.25) is 0 Å². The molecule has 0 aliphatic carbocycles. The molecule has 0 bridgehead atoms. The first-order valence-corrected chi connectivity index (χ1v) is 9.82. The summed E-state index contributed by atoms with van der Waals surface area (Å²) in [4.78, 5) is 11.4. The van der Waals surface area contributed by atoms with Crippen molar-refractivity contribution in [3.63, 3.8) is 0 Å². The van der Waals surface area contributed by atoms with Gasteiger partial charge in [0.15, 0.2) is 0 Å². The predicted molar refractivity (Wildman–Crippen MR) is 122 cm³/mol. The average Bonchev–Trinajstić information content (AvgIpc) is 2.67. The molecular formula is C26H30O3. The highest BCUT2D eigenvalue weighted by Crippen LogP contribution is 2.35. The molecule has 3 heteroatoms. The first kappa shape index (κ1) is 22.2. The monoisotopic (exact) mass is 390 g/mol. The van der Waals surface area contributed by atoms with Crippen LogP contribution in [-0.4, -0.2) is 19.7 Å². The van der Waals surface area contributed by atoms with Crippen LogP contribution in [0, 0.1) is 13.8 Å². The quantitative estimate of drug-likeness (QED) is 0.308. The van der Waals surface area contributed by atoms with Crippen molar-refractivity contribution in [3.8, 4) is 5.75 Å². The van der Waals surface area contributed by atoms with E-state index in [0.29, 0.717) is 6.61 Å². The van der Waals surface area contributed by atoms with Crippen LogP contribution in [0.4, 0.5) is 0 Å². The van der Waals surface area contributed by atoms with E-state index in [9.17, 15) is 4.79 Å². The summed E-state index contributed by atoms with van der Waals surface area (Å²) >= 11 is 0. The molecule has 0 saturated carbocycles. The molecule has 2 aromatic carbocycles. The van der Waals surface area contributed by atoms with Crippen LogP contribution < -0.4 is 4.74 Å². The van der Waals surface area contributed by atoms with E-state index in [1.165, 1.54) is 22.6 Å². The fraction of sp³-hybridized carbons (Fsp3) is 0.269. The summed E-state index contributed by atoms with van der Waals surface area (Å²) in [7, 11) is 1.73. The van der Waals surface area contributed by atoms with Gasteiger partial charge in [0.05, 0.1) is 13.7 Å². The zero-order valence-corrected chi connectivity index (χ0v) is 18.2. The summed E-state index contributed by atoms with van der Waals surface area (Å²) in [5.74, 6) is 0.618. The van der Waals surface area contributed by atoms with Crippen LogP contribution in [-0.2, 0) is 9.53 Å². The minimum absolute atomic E-state index is 0.314. The lowest BCUT2D eigenvalue weighted by molar-refractivity contribution is -0.137. The maximum atomic E-state index is 11.4. The maximum Gasteiger partial charge on any atom is 0.330 e. The standard InChI is InChI=1S/C26H30O3/c1-7-29-24(27)16-19(3)11-8-10-18(2)14-15-22-12-9-13-23-17-20(4)21(5)26(28-6)25(22)23/h8-17H,7H2,1-6H3. The molecular weight excluding hydrogens is 360 g/mol. The lowest BCUT2D eigenvalue weighted by Gasteiger charge is -2.14. The largest absolute Gasteiger partial charge is 0.496 e. The highest BCUT2D eigenvalue weighted by Gasteiger charge is 2.10. The Morgan fingerprint density at radius 1 is 1.10 bits per heavy atom. The number of benzene rings is 2. The number of methoxy groups -OCH3 is 1. The molecule has 3 nitrogen and oxygen atoms in total. The molecule has 152 valence electrons. The van der Waals surface area contributed by atoms with Crippen molar-refractivity contribution in [1.82, 2.24) is 0 Å². The summed E-state index contributed by atoms with van der Waals surface area (Å²) in [6.45, 7) is 10.3. The second kappa shape index (κ2) is 10.5. The third kappa shape index (κ3) is 5.95. The summed E-state index contributed by atoms with van der Waals surface area (Å²) < 4.78 is 10.6. The molecule has 0 atom stereocenters. The van der Waals surface area contributed by atoms with E-state index in [1.807, 2.05) is 32.1 Å². The zero-order chi connectivity index (χ0) is 21.4. The smallest absolute Gasteiger partial charge is 0.330 e. The fourth-order valence-corrected chi connectivity index (χ4v) is 3.12. The Bertz CT molecular complexity index is 1000. The first-order chi connectivity index (χ1) is 13.9. The molecule has 29 heavy (non-hydrogen) atoms. The van der Waals surface area contributed by atoms with Gasteiger partial charge >= 0.3 is 5.97 Å². The number of allylic oxidation sites excluding steroid dienone is 6. The number of carbonyl (C=O) groups is 1. The van der Waals surface area contributed by atoms with Crippen LogP contribution in [0.15, 0.2) is 65.8 Å². The van der Waals surface area contributed by atoms with Gasteiger partial charge in [0.25, 0.3) is 0 Å². The van der Waals surface area contributed by atoms with Crippen LogP contribution in [0.3, 0.4) is 0 Å². The zero-order valence-electron chi connectivity index (χ0n) is 18.2. The Kier molecular flexibility index (Phi) is 8.02. The van der Waals surface area contributed by atoms with Gasteiger partial charge in [-0.05, 0) is 62.3 Å². The lowest BCUT2D eigenvalue weighted by atomic mass is 9.97. The third-order valence-corrected chi connectivity index (χ3v) is 4.74. The maximum absolute atomic E-state index is 11.4. The molecule has 2 rings (SSSR count). The number of fused-ring (bicyclic) bond motifs is 1. The Labute approximate surface area is 174 Å². The average molecular weight is 391 g/mol. The SMILES string of the molecule is CCOC(=O)C=C(C)C=CC=C(C)C=Cc1cccc2cc(C)c(C)c(OC)c12. The molecule has 0 saturated heterocycles. The van der Waals surface area contributed by atoms with Crippen molar-refractivity contribution in [1.29, 1.82) is 0 Å². The number of aryl methyl sites for hydroxylation is 1. The number of ether oxygens (including phenoxy) is 2. The Hall–Kier alpha value is -3.07. The summed E-state index contributed by atoms with van der Waals surface area (Å²) in [5, 5.41) is 2.30. The van der Waals surface area contributed by atoms with Gasteiger partial charge in [0, 0.05) is 11.5 Å². The van der Waals surface area contributed by atoms with Crippen LogP contribution in [0.1, 0.15) is 37.5 Å². The molecule has 0 heterocycles. The van der Waals surface area contributed by atoms with E-state index >= 15 is 0 Å². The highest BCUT2D eigenvalue weighted by molar-refractivity contribution is 5.97. The van der Waals surface area contributed by atoms with Crippen molar-refractivity contribution >= 4 is 22.8 Å². The molecule has 0 amide bonds. The third-order valence-electron chi connectivity index (χ3n) is 4.74. The number of hydrogen-bond acceptors (Lipinski definition) is 3.